The summed E-state index contributed by atoms with van der Waals surface area (Å²) < 4.78 is 0. The Hall–Kier alpha value is -1.55. The van der Waals surface area contributed by atoms with Gasteiger partial charge in [0.2, 0.25) is 0 Å². The molecule has 0 unspecified atom stereocenters. The molecule has 4 heteroatoms. The van der Waals surface area contributed by atoms with Crippen LogP contribution < -0.4 is 5.73 Å². The number of hydrogen-bond acceptors (Lipinski definition) is 3. The highest BCUT2D eigenvalue weighted by Crippen LogP contribution is 2.27. The van der Waals surface area contributed by atoms with Crippen molar-refractivity contribution in [2.24, 2.45) is 16.8 Å². The number of nitrogens with zero attached hydrogens (tertiary/aromatic N) is 2. The summed E-state index contributed by atoms with van der Waals surface area (Å²) in [6, 6.07) is 8.52. The highest BCUT2D eigenvalue weighted by molar-refractivity contribution is 5.98. The van der Waals surface area contributed by atoms with Crippen LogP contribution in [-0.4, -0.2) is 29.0 Å². The zero-order valence-corrected chi connectivity index (χ0v) is 12.4. The highest BCUT2D eigenvalue weighted by atomic mass is 16.4. The van der Waals surface area contributed by atoms with Gasteiger partial charge in [0.05, 0.1) is 0 Å². The van der Waals surface area contributed by atoms with E-state index in [1.807, 2.05) is 18.2 Å². The van der Waals surface area contributed by atoms with Crippen LogP contribution in [0, 0.1) is 5.92 Å². The third-order valence-electron chi connectivity index (χ3n) is 4.43. The van der Waals surface area contributed by atoms with Gasteiger partial charge in [-0.05, 0) is 44.2 Å². The third kappa shape index (κ3) is 3.51. The van der Waals surface area contributed by atoms with Crippen molar-refractivity contribution in [1.82, 2.24) is 4.90 Å². The Kier molecular flexibility index (Phi) is 5.01. The standard InChI is InChI=1S/C16H25N3O/c1-12-7-9-14(10-8-12)19(2)11-13-5-3-4-6-15(13)16(17)18-20/h3-6,12,14,20H,7-11H2,1-2H3,(H2,17,18). The fourth-order valence-corrected chi connectivity index (χ4v) is 3.04. The summed E-state index contributed by atoms with van der Waals surface area (Å²) in [5.74, 6) is 1.05. The van der Waals surface area contributed by atoms with E-state index in [1.54, 1.807) is 0 Å². The fourth-order valence-electron chi connectivity index (χ4n) is 3.04. The van der Waals surface area contributed by atoms with E-state index in [0.717, 1.165) is 23.6 Å². The van der Waals surface area contributed by atoms with E-state index in [9.17, 15) is 0 Å². The van der Waals surface area contributed by atoms with E-state index in [2.05, 4.69) is 30.1 Å². The van der Waals surface area contributed by atoms with Crippen LogP contribution >= 0.6 is 0 Å². The minimum absolute atomic E-state index is 0.186. The molecule has 1 aliphatic carbocycles. The van der Waals surface area contributed by atoms with Gasteiger partial charge < -0.3 is 10.9 Å². The lowest BCUT2D eigenvalue weighted by atomic mass is 9.86. The largest absolute Gasteiger partial charge is 0.409 e. The smallest absolute Gasteiger partial charge is 0.170 e. The van der Waals surface area contributed by atoms with Crippen LogP contribution in [0.25, 0.3) is 0 Å². The SMILES string of the molecule is CC1CCC(N(C)Cc2ccccc2C(N)=NO)CC1. The molecule has 1 aromatic carbocycles. The van der Waals surface area contributed by atoms with E-state index in [-0.39, 0.29) is 5.84 Å². The first-order valence-corrected chi connectivity index (χ1v) is 7.38. The van der Waals surface area contributed by atoms with Crippen molar-refractivity contribution in [3.8, 4) is 0 Å². The highest BCUT2D eigenvalue weighted by Gasteiger charge is 2.22. The molecule has 4 nitrogen and oxygen atoms in total. The summed E-state index contributed by atoms with van der Waals surface area (Å²) in [7, 11) is 2.17. The zero-order valence-electron chi connectivity index (χ0n) is 12.4. The fraction of sp³-hybridized carbons (Fsp3) is 0.562. The lowest BCUT2D eigenvalue weighted by Crippen LogP contribution is -2.35. The second-order valence-corrected chi connectivity index (χ2v) is 5.97. The molecule has 0 heterocycles. The number of hydrogen-bond donors (Lipinski definition) is 2. The van der Waals surface area contributed by atoms with Crippen LogP contribution in [0.4, 0.5) is 0 Å². The predicted octanol–water partition coefficient (Wildman–Crippen LogP) is 2.79. The van der Waals surface area contributed by atoms with Gasteiger partial charge in [0.25, 0.3) is 0 Å². The maximum atomic E-state index is 8.87. The molecule has 0 amide bonds. The number of benzene rings is 1. The van der Waals surface area contributed by atoms with Crippen LogP contribution in [0.1, 0.15) is 43.7 Å². The summed E-state index contributed by atoms with van der Waals surface area (Å²) in [6.07, 6.45) is 5.17. The molecule has 0 bridgehead atoms. The average molecular weight is 275 g/mol. The lowest BCUT2D eigenvalue weighted by molar-refractivity contribution is 0.164. The van der Waals surface area contributed by atoms with Crippen LogP contribution in [-0.2, 0) is 6.54 Å². The summed E-state index contributed by atoms with van der Waals surface area (Å²) in [5.41, 5.74) is 7.69. The van der Waals surface area contributed by atoms with Gasteiger partial charge in [-0.25, -0.2) is 0 Å². The molecule has 0 atom stereocenters. The van der Waals surface area contributed by atoms with Gasteiger partial charge in [-0.1, -0.05) is 36.3 Å². The Labute approximate surface area is 121 Å². The van der Waals surface area contributed by atoms with Crippen molar-refractivity contribution in [1.29, 1.82) is 0 Å². The average Bonchev–Trinajstić information content (AvgIpc) is 2.47. The van der Waals surface area contributed by atoms with E-state index in [4.69, 9.17) is 10.9 Å². The second kappa shape index (κ2) is 6.75. The van der Waals surface area contributed by atoms with Gasteiger partial charge >= 0.3 is 0 Å². The Morgan fingerprint density at radius 3 is 2.60 bits per heavy atom. The zero-order chi connectivity index (χ0) is 14.5. The topological polar surface area (TPSA) is 61.8 Å². The van der Waals surface area contributed by atoms with Gasteiger partial charge in [-0.2, -0.15) is 0 Å². The van der Waals surface area contributed by atoms with Gasteiger partial charge in [0.1, 0.15) is 0 Å². The first kappa shape index (κ1) is 14.9. The number of amidine groups is 1. The van der Waals surface area contributed by atoms with Crippen LogP contribution in [0.15, 0.2) is 29.4 Å². The first-order valence-electron chi connectivity index (χ1n) is 7.38. The van der Waals surface area contributed by atoms with Crippen LogP contribution in [0.5, 0.6) is 0 Å². The molecule has 1 aliphatic rings. The predicted molar refractivity (Wildman–Crippen MR) is 81.8 cm³/mol. The first-order chi connectivity index (χ1) is 9.61. The summed E-state index contributed by atoms with van der Waals surface area (Å²) >= 11 is 0. The van der Waals surface area contributed by atoms with Crippen LogP contribution in [0.2, 0.25) is 0 Å². The molecule has 20 heavy (non-hydrogen) atoms. The minimum atomic E-state index is 0.186. The molecule has 0 radical (unpaired) electrons. The monoisotopic (exact) mass is 275 g/mol. The molecule has 3 N–H and O–H groups in total. The van der Waals surface area contributed by atoms with E-state index in [1.165, 1.54) is 25.7 Å². The Balaban J connectivity index is 2.06. The quantitative estimate of drug-likeness (QED) is 0.384. The van der Waals surface area contributed by atoms with Crippen molar-refractivity contribution in [2.45, 2.75) is 45.2 Å². The van der Waals surface area contributed by atoms with Crippen molar-refractivity contribution in [2.75, 3.05) is 7.05 Å². The second-order valence-electron chi connectivity index (χ2n) is 5.97. The number of oxime groups is 1. The van der Waals surface area contributed by atoms with Gasteiger partial charge in [-0.3, -0.25) is 4.90 Å². The van der Waals surface area contributed by atoms with E-state index < -0.39 is 0 Å². The van der Waals surface area contributed by atoms with Crippen molar-refractivity contribution < 1.29 is 5.21 Å². The molecule has 0 saturated heterocycles. The molecule has 0 aromatic heterocycles. The van der Waals surface area contributed by atoms with Crippen molar-refractivity contribution in [3.63, 3.8) is 0 Å². The molecular weight excluding hydrogens is 250 g/mol. The van der Waals surface area contributed by atoms with Gasteiger partial charge in [0, 0.05) is 18.2 Å². The maximum Gasteiger partial charge on any atom is 0.170 e. The molecule has 1 fully saturated rings. The van der Waals surface area contributed by atoms with E-state index in [0.29, 0.717) is 6.04 Å². The molecule has 2 rings (SSSR count). The summed E-state index contributed by atoms with van der Waals surface area (Å²) in [6.45, 7) is 3.18. The molecule has 0 aliphatic heterocycles. The molecule has 1 aromatic rings. The molecule has 0 spiro atoms. The van der Waals surface area contributed by atoms with E-state index >= 15 is 0 Å². The summed E-state index contributed by atoms with van der Waals surface area (Å²) in [4.78, 5) is 2.40. The van der Waals surface area contributed by atoms with Crippen molar-refractivity contribution >= 4 is 5.84 Å². The number of nitrogens with two attached hydrogens (primary N) is 1. The molecule has 1 saturated carbocycles. The Morgan fingerprint density at radius 2 is 1.95 bits per heavy atom. The lowest BCUT2D eigenvalue weighted by Gasteiger charge is -2.34. The van der Waals surface area contributed by atoms with Crippen molar-refractivity contribution in [3.05, 3.63) is 35.4 Å². The normalized spacial score (nSPS) is 24.1. The molecular formula is C16H25N3O. The molecule has 110 valence electrons. The van der Waals surface area contributed by atoms with Crippen LogP contribution in [0.3, 0.4) is 0 Å². The van der Waals surface area contributed by atoms with Gasteiger partial charge in [-0.15, -0.1) is 0 Å². The Bertz CT molecular complexity index is 465. The number of rotatable bonds is 4. The third-order valence-corrected chi connectivity index (χ3v) is 4.43. The Morgan fingerprint density at radius 1 is 1.30 bits per heavy atom. The minimum Gasteiger partial charge on any atom is -0.409 e. The van der Waals surface area contributed by atoms with Gasteiger partial charge in [0.15, 0.2) is 5.84 Å². The maximum absolute atomic E-state index is 8.87. The summed E-state index contributed by atoms with van der Waals surface area (Å²) in [5, 5.41) is 12.0.